The second-order valence-electron chi connectivity index (χ2n) is 7.00. The standard InChI is InChI=1S/C17H32N6O/c1-5-18-16(19-10-14-6-8-22(3)9-7-14)20-13-17(2,24)15-11-21-23(4)12-15/h11-12,14,24H,5-10,13H2,1-4H3,(H2,18,19,20). The number of piperidine rings is 1. The molecule has 0 saturated carbocycles. The van der Waals surface area contributed by atoms with Crippen molar-refractivity contribution in [2.45, 2.75) is 32.3 Å². The van der Waals surface area contributed by atoms with Gasteiger partial charge in [0.25, 0.3) is 0 Å². The molecule has 1 aliphatic rings. The van der Waals surface area contributed by atoms with Crippen LogP contribution in [0.4, 0.5) is 0 Å². The molecule has 1 aliphatic heterocycles. The van der Waals surface area contributed by atoms with Gasteiger partial charge in [-0.25, -0.2) is 4.99 Å². The predicted molar refractivity (Wildman–Crippen MR) is 97.0 cm³/mol. The highest BCUT2D eigenvalue weighted by molar-refractivity contribution is 5.79. The van der Waals surface area contributed by atoms with Gasteiger partial charge in [0.15, 0.2) is 5.96 Å². The van der Waals surface area contributed by atoms with Crippen molar-refractivity contribution in [3.8, 4) is 0 Å². The molecule has 0 spiro atoms. The van der Waals surface area contributed by atoms with Crippen molar-refractivity contribution < 1.29 is 5.11 Å². The van der Waals surface area contributed by atoms with Crippen LogP contribution in [-0.2, 0) is 12.6 Å². The van der Waals surface area contributed by atoms with Gasteiger partial charge < -0.3 is 20.6 Å². The molecule has 1 aromatic rings. The lowest BCUT2D eigenvalue weighted by Gasteiger charge is -2.29. The van der Waals surface area contributed by atoms with Crippen molar-refractivity contribution in [2.75, 3.05) is 39.8 Å². The van der Waals surface area contributed by atoms with Crippen LogP contribution in [0.15, 0.2) is 17.4 Å². The molecule has 7 nitrogen and oxygen atoms in total. The monoisotopic (exact) mass is 336 g/mol. The maximum atomic E-state index is 10.6. The van der Waals surface area contributed by atoms with Gasteiger partial charge in [-0.15, -0.1) is 0 Å². The molecule has 2 heterocycles. The number of nitrogens with one attached hydrogen (secondary N) is 2. The lowest BCUT2D eigenvalue weighted by molar-refractivity contribution is 0.0671. The van der Waals surface area contributed by atoms with Gasteiger partial charge in [0, 0.05) is 31.9 Å². The van der Waals surface area contributed by atoms with Gasteiger partial charge in [0.2, 0.25) is 0 Å². The smallest absolute Gasteiger partial charge is 0.191 e. The Morgan fingerprint density at radius 3 is 2.67 bits per heavy atom. The van der Waals surface area contributed by atoms with Crippen molar-refractivity contribution >= 4 is 5.96 Å². The number of nitrogens with zero attached hydrogens (tertiary/aromatic N) is 4. The van der Waals surface area contributed by atoms with E-state index in [0.717, 1.165) is 37.7 Å². The fourth-order valence-corrected chi connectivity index (χ4v) is 2.87. The average molecular weight is 336 g/mol. The SMILES string of the molecule is CCNC(=NCC(C)(O)c1cnn(C)c1)NCC1CCN(C)CC1. The summed E-state index contributed by atoms with van der Waals surface area (Å²) >= 11 is 0. The summed E-state index contributed by atoms with van der Waals surface area (Å²) in [5.74, 6) is 1.45. The normalized spacial score (nSPS) is 20.0. The number of likely N-dealkylation sites (tertiary alicyclic amines) is 1. The Labute approximate surface area is 145 Å². The Hall–Kier alpha value is -1.60. The molecule has 1 atom stereocenters. The van der Waals surface area contributed by atoms with E-state index < -0.39 is 5.60 Å². The van der Waals surface area contributed by atoms with Crippen molar-refractivity contribution in [1.82, 2.24) is 25.3 Å². The van der Waals surface area contributed by atoms with Crippen LogP contribution in [0.25, 0.3) is 0 Å². The van der Waals surface area contributed by atoms with E-state index in [2.05, 4.69) is 32.7 Å². The van der Waals surface area contributed by atoms with E-state index in [9.17, 15) is 5.11 Å². The molecule has 136 valence electrons. The Morgan fingerprint density at radius 2 is 2.08 bits per heavy atom. The minimum Gasteiger partial charge on any atom is -0.383 e. The molecule has 1 saturated heterocycles. The summed E-state index contributed by atoms with van der Waals surface area (Å²) in [6, 6.07) is 0. The van der Waals surface area contributed by atoms with E-state index in [-0.39, 0.29) is 0 Å². The molecule has 2 rings (SSSR count). The number of aryl methyl sites for hydroxylation is 1. The van der Waals surface area contributed by atoms with Gasteiger partial charge >= 0.3 is 0 Å². The third kappa shape index (κ3) is 5.49. The van der Waals surface area contributed by atoms with E-state index in [1.807, 2.05) is 20.2 Å². The summed E-state index contributed by atoms with van der Waals surface area (Å²) in [5, 5.41) is 21.4. The quantitative estimate of drug-likeness (QED) is 0.522. The van der Waals surface area contributed by atoms with Crippen LogP contribution in [0.2, 0.25) is 0 Å². The molecular weight excluding hydrogens is 304 g/mol. The third-order valence-corrected chi connectivity index (χ3v) is 4.61. The lowest BCUT2D eigenvalue weighted by Crippen LogP contribution is -2.43. The first kappa shape index (κ1) is 18.7. The van der Waals surface area contributed by atoms with Gasteiger partial charge in [-0.1, -0.05) is 0 Å². The topological polar surface area (TPSA) is 77.7 Å². The number of hydrogen-bond donors (Lipinski definition) is 3. The highest BCUT2D eigenvalue weighted by Crippen LogP contribution is 2.20. The van der Waals surface area contributed by atoms with Gasteiger partial charge in [-0.2, -0.15) is 5.10 Å². The highest BCUT2D eigenvalue weighted by atomic mass is 16.3. The molecule has 0 aromatic carbocycles. The summed E-state index contributed by atoms with van der Waals surface area (Å²) in [6.07, 6.45) is 5.95. The first-order valence-corrected chi connectivity index (χ1v) is 8.83. The molecule has 1 fully saturated rings. The molecule has 24 heavy (non-hydrogen) atoms. The Morgan fingerprint density at radius 1 is 1.38 bits per heavy atom. The first-order chi connectivity index (χ1) is 11.4. The zero-order valence-electron chi connectivity index (χ0n) is 15.4. The predicted octanol–water partition coefficient (Wildman–Crippen LogP) is 0.525. The number of rotatable bonds is 6. The van der Waals surface area contributed by atoms with Gasteiger partial charge in [0.1, 0.15) is 5.60 Å². The van der Waals surface area contributed by atoms with Gasteiger partial charge in [-0.05, 0) is 52.7 Å². The summed E-state index contributed by atoms with van der Waals surface area (Å²) in [5.41, 5.74) is -0.246. The average Bonchev–Trinajstić information content (AvgIpc) is 2.99. The van der Waals surface area contributed by atoms with Crippen molar-refractivity contribution in [3.05, 3.63) is 18.0 Å². The summed E-state index contributed by atoms with van der Waals surface area (Å²) < 4.78 is 1.69. The van der Waals surface area contributed by atoms with Crippen molar-refractivity contribution in [1.29, 1.82) is 0 Å². The maximum Gasteiger partial charge on any atom is 0.191 e. The van der Waals surface area contributed by atoms with E-state index in [1.54, 1.807) is 17.8 Å². The summed E-state index contributed by atoms with van der Waals surface area (Å²) in [6.45, 7) is 8.16. The Balaban J connectivity index is 1.90. The fourth-order valence-electron chi connectivity index (χ4n) is 2.87. The zero-order chi connectivity index (χ0) is 17.6. The number of guanidine groups is 1. The van der Waals surface area contributed by atoms with Crippen LogP contribution in [-0.4, -0.2) is 65.5 Å². The maximum absolute atomic E-state index is 10.6. The minimum absolute atomic E-state index is 0.293. The summed E-state index contributed by atoms with van der Waals surface area (Å²) in [4.78, 5) is 6.94. The molecule has 3 N–H and O–H groups in total. The number of hydrogen-bond acceptors (Lipinski definition) is 4. The van der Waals surface area contributed by atoms with Gasteiger partial charge in [0.05, 0.1) is 12.7 Å². The molecule has 0 amide bonds. The third-order valence-electron chi connectivity index (χ3n) is 4.61. The molecular formula is C17H32N6O. The molecule has 1 aromatic heterocycles. The van der Waals surface area contributed by atoms with E-state index in [4.69, 9.17) is 0 Å². The number of aliphatic hydroxyl groups is 1. The van der Waals surface area contributed by atoms with Gasteiger partial charge in [-0.3, -0.25) is 4.68 Å². The van der Waals surface area contributed by atoms with Crippen molar-refractivity contribution in [2.24, 2.45) is 18.0 Å². The lowest BCUT2D eigenvalue weighted by atomic mass is 9.97. The van der Waals surface area contributed by atoms with Crippen LogP contribution < -0.4 is 10.6 Å². The van der Waals surface area contributed by atoms with E-state index in [0.29, 0.717) is 12.5 Å². The van der Waals surface area contributed by atoms with Crippen LogP contribution >= 0.6 is 0 Å². The highest BCUT2D eigenvalue weighted by Gasteiger charge is 2.24. The first-order valence-electron chi connectivity index (χ1n) is 8.83. The molecule has 0 radical (unpaired) electrons. The van der Waals surface area contributed by atoms with Crippen LogP contribution in [0.5, 0.6) is 0 Å². The van der Waals surface area contributed by atoms with Crippen molar-refractivity contribution in [3.63, 3.8) is 0 Å². The van der Waals surface area contributed by atoms with E-state index >= 15 is 0 Å². The second kappa shape index (κ2) is 8.48. The molecule has 1 unspecified atom stereocenters. The zero-order valence-corrected chi connectivity index (χ0v) is 15.4. The Bertz CT molecular complexity index is 531. The summed E-state index contributed by atoms with van der Waals surface area (Å²) in [7, 11) is 4.02. The fraction of sp³-hybridized carbons (Fsp3) is 0.765. The molecule has 7 heteroatoms. The minimum atomic E-state index is -1.02. The largest absolute Gasteiger partial charge is 0.383 e. The number of aliphatic imine (C=N–C) groups is 1. The second-order valence-corrected chi connectivity index (χ2v) is 7.00. The van der Waals surface area contributed by atoms with E-state index in [1.165, 1.54) is 12.8 Å². The van der Waals surface area contributed by atoms with Crippen LogP contribution in [0, 0.1) is 5.92 Å². The Kier molecular flexibility index (Phi) is 6.62. The van der Waals surface area contributed by atoms with Crippen LogP contribution in [0.3, 0.4) is 0 Å². The molecule has 0 bridgehead atoms. The van der Waals surface area contributed by atoms with Crippen LogP contribution in [0.1, 0.15) is 32.3 Å². The molecule has 0 aliphatic carbocycles. The number of aromatic nitrogens is 2.